The molecule has 1 heterocycles. The summed E-state index contributed by atoms with van der Waals surface area (Å²) < 4.78 is 10.7. The van der Waals surface area contributed by atoms with Crippen LogP contribution in [0.15, 0.2) is 36.5 Å². The van der Waals surface area contributed by atoms with Crippen LogP contribution in [0, 0.1) is 0 Å². The zero-order chi connectivity index (χ0) is 14.4. The first-order chi connectivity index (χ1) is 9.80. The number of nitrogens with zero attached hydrogens (tertiary/aromatic N) is 1. The number of hydrogen-bond donors (Lipinski definition) is 1. The van der Waals surface area contributed by atoms with E-state index in [0.29, 0.717) is 18.0 Å². The summed E-state index contributed by atoms with van der Waals surface area (Å²) >= 11 is 0. The van der Waals surface area contributed by atoms with Gasteiger partial charge < -0.3 is 14.8 Å². The molecule has 4 nitrogen and oxygen atoms in total. The highest BCUT2D eigenvalue weighted by Crippen LogP contribution is 2.29. The average Bonchev–Trinajstić information content (AvgIpc) is 2.52. The molecule has 2 aromatic rings. The van der Waals surface area contributed by atoms with E-state index in [9.17, 15) is 0 Å². The molecule has 2 rings (SSSR count). The van der Waals surface area contributed by atoms with E-state index >= 15 is 0 Å². The third kappa shape index (κ3) is 3.02. The zero-order valence-electron chi connectivity index (χ0n) is 12.1. The van der Waals surface area contributed by atoms with Gasteiger partial charge in [0.15, 0.2) is 11.5 Å². The summed E-state index contributed by atoms with van der Waals surface area (Å²) in [5, 5.41) is 3.41. The molecule has 1 N–H and O–H groups in total. The topological polar surface area (TPSA) is 43.4 Å². The van der Waals surface area contributed by atoms with Gasteiger partial charge in [-0.05, 0) is 18.1 Å². The van der Waals surface area contributed by atoms with Gasteiger partial charge in [-0.1, -0.05) is 25.1 Å². The normalized spacial score (nSPS) is 10.2. The summed E-state index contributed by atoms with van der Waals surface area (Å²) in [5.41, 5.74) is 3.24. The van der Waals surface area contributed by atoms with Crippen LogP contribution in [0.3, 0.4) is 0 Å². The van der Waals surface area contributed by atoms with E-state index < -0.39 is 0 Å². The van der Waals surface area contributed by atoms with Crippen LogP contribution >= 0.6 is 0 Å². The van der Waals surface area contributed by atoms with Gasteiger partial charge in [-0.3, -0.25) is 4.98 Å². The molecule has 0 fully saturated rings. The van der Waals surface area contributed by atoms with E-state index in [4.69, 9.17) is 9.47 Å². The van der Waals surface area contributed by atoms with E-state index in [1.807, 2.05) is 12.1 Å². The molecule has 0 saturated heterocycles. The van der Waals surface area contributed by atoms with Crippen molar-refractivity contribution in [3.05, 3.63) is 47.8 Å². The lowest BCUT2D eigenvalue weighted by Gasteiger charge is -2.14. The molecule has 0 spiro atoms. The molecule has 20 heavy (non-hydrogen) atoms. The van der Waals surface area contributed by atoms with E-state index in [1.54, 1.807) is 26.5 Å². The Hall–Kier alpha value is -2.23. The van der Waals surface area contributed by atoms with Crippen LogP contribution in [-0.4, -0.2) is 19.2 Å². The summed E-state index contributed by atoms with van der Waals surface area (Å²) in [5.74, 6) is 1.37. The fourth-order valence-electron chi connectivity index (χ4n) is 2.16. The SMILES string of the molecule is CCc1ccccc1NCc1nccc(OC)c1OC. The molecular weight excluding hydrogens is 252 g/mol. The fourth-order valence-corrected chi connectivity index (χ4v) is 2.16. The first-order valence-electron chi connectivity index (χ1n) is 6.67. The van der Waals surface area contributed by atoms with Crippen molar-refractivity contribution in [3.8, 4) is 11.5 Å². The minimum atomic E-state index is 0.595. The lowest BCUT2D eigenvalue weighted by atomic mass is 10.1. The highest BCUT2D eigenvalue weighted by Gasteiger charge is 2.11. The molecule has 0 bridgehead atoms. The molecule has 106 valence electrons. The molecule has 0 aliphatic carbocycles. The van der Waals surface area contributed by atoms with Crippen LogP contribution < -0.4 is 14.8 Å². The second-order valence-corrected chi connectivity index (χ2v) is 4.36. The summed E-state index contributed by atoms with van der Waals surface area (Å²) in [7, 11) is 3.25. The molecule has 0 aliphatic heterocycles. The molecular formula is C16H20N2O2. The van der Waals surface area contributed by atoms with Crippen molar-refractivity contribution in [1.29, 1.82) is 0 Å². The number of benzene rings is 1. The van der Waals surface area contributed by atoms with Crippen molar-refractivity contribution in [2.24, 2.45) is 0 Å². The van der Waals surface area contributed by atoms with Gasteiger partial charge in [0.2, 0.25) is 0 Å². The van der Waals surface area contributed by atoms with Crippen molar-refractivity contribution in [2.75, 3.05) is 19.5 Å². The molecule has 1 aromatic heterocycles. The third-order valence-corrected chi connectivity index (χ3v) is 3.21. The maximum atomic E-state index is 5.38. The van der Waals surface area contributed by atoms with Crippen LogP contribution in [0.25, 0.3) is 0 Å². The summed E-state index contributed by atoms with van der Waals surface area (Å²) in [6.07, 6.45) is 2.72. The van der Waals surface area contributed by atoms with Crippen molar-refractivity contribution in [1.82, 2.24) is 4.98 Å². The number of aromatic nitrogens is 1. The Morgan fingerprint density at radius 2 is 1.90 bits per heavy atom. The number of para-hydroxylation sites is 1. The smallest absolute Gasteiger partial charge is 0.184 e. The summed E-state index contributed by atoms with van der Waals surface area (Å²) in [4.78, 5) is 4.36. The quantitative estimate of drug-likeness (QED) is 0.876. The van der Waals surface area contributed by atoms with Crippen LogP contribution in [0.4, 0.5) is 5.69 Å². The average molecular weight is 272 g/mol. The summed E-state index contributed by atoms with van der Waals surface area (Å²) in [6, 6.07) is 10.1. The number of nitrogens with one attached hydrogen (secondary N) is 1. The number of pyridine rings is 1. The highest BCUT2D eigenvalue weighted by molar-refractivity contribution is 5.52. The minimum Gasteiger partial charge on any atom is -0.493 e. The molecule has 0 amide bonds. The Bertz CT molecular complexity index is 570. The number of anilines is 1. The Morgan fingerprint density at radius 1 is 1.10 bits per heavy atom. The van der Waals surface area contributed by atoms with Crippen molar-refractivity contribution >= 4 is 5.69 Å². The van der Waals surface area contributed by atoms with Crippen molar-refractivity contribution in [2.45, 2.75) is 19.9 Å². The number of methoxy groups -OCH3 is 2. The van der Waals surface area contributed by atoms with Crippen molar-refractivity contribution < 1.29 is 9.47 Å². The van der Waals surface area contributed by atoms with Gasteiger partial charge in [0.05, 0.1) is 20.8 Å². The number of hydrogen-bond acceptors (Lipinski definition) is 4. The van der Waals surface area contributed by atoms with Crippen LogP contribution in [-0.2, 0) is 13.0 Å². The maximum absolute atomic E-state index is 5.38. The molecule has 0 saturated carbocycles. The molecule has 0 unspecified atom stereocenters. The van der Waals surface area contributed by atoms with Crippen molar-refractivity contribution in [3.63, 3.8) is 0 Å². The molecule has 0 aliphatic rings. The standard InChI is InChI=1S/C16H20N2O2/c1-4-12-7-5-6-8-13(12)18-11-14-16(20-3)15(19-2)9-10-17-14/h5-10,18H,4,11H2,1-3H3. The van der Waals surface area contributed by atoms with E-state index in [-0.39, 0.29) is 0 Å². The largest absolute Gasteiger partial charge is 0.493 e. The van der Waals surface area contributed by atoms with Gasteiger partial charge in [-0.25, -0.2) is 0 Å². The molecule has 0 atom stereocenters. The van der Waals surface area contributed by atoms with E-state index in [2.05, 4.69) is 29.4 Å². The van der Waals surface area contributed by atoms with Crippen LogP contribution in [0.1, 0.15) is 18.2 Å². The highest BCUT2D eigenvalue weighted by atomic mass is 16.5. The van der Waals surface area contributed by atoms with Gasteiger partial charge in [0, 0.05) is 18.0 Å². The Kier molecular flexibility index (Phi) is 4.82. The van der Waals surface area contributed by atoms with Gasteiger partial charge in [0.25, 0.3) is 0 Å². The van der Waals surface area contributed by atoms with Crippen LogP contribution in [0.5, 0.6) is 11.5 Å². The van der Waals surface area contributed by atoms with Gasteiger partial charge >= 0.3 is 0 Å². The summed E-state index contributed by atoms with van der Waals surface area (Å²) in [6.45, 7) is 2.74. The first kappa shape index (κ1) is 14.2. The lowest BCUT2D eigenvalue weighted by molar-refractivity contribution is 0.350. The van der Waals surface area contributed by atoms with Gasteiger partial charge in [-0.15, -0.1) is 0 Å². The maximum Gasteiger partial charge on any atom is 0.184 e. The Morgan fingerprint density at radius 3 is 2.60 bits per heavy atom. The predicted molar refractivity (Wildman–Crippen MR) is 80.5 cm³/mol. The predicted octanol–water partition coefficient (Wildman–Crippen LogP) is 3.27. The zero-order valence-corrected chi connectivity index (χ0v) is 12.1. The first-order valence-corrected chi connectivity index (χ1v) is 6.67. The third-order valence-electron chi connectivity index (χ3n) is 3.21. The fraction of sp³-hybridized carbons (Fsp3) is 0.312. The minimum absolute atomic E-state index is 0.595. The molecule has 1 aromatic carbocycles. The Balaban J connectivity index is 2.19. The van der Waals surface area contributed by atoms with Crippen LogP contribution in [0.2, 0.25) is 0 Å². The number of rotatable bonds is 6. The monoisotopic (exact) mass is 272 g/mol. The van der Waals surface area contributed by atoms with Gasteiger partial charge in [-0.2, -0.15) is 0 Å². The number of ether oxygens (including phenoxy) is 2. The Labute approximate surface area is 119 Å². The second-order valence-electron chi connectivity index (χ2n) is 4.36. The van der Waals surface area contributed by atoms with E-state index in [0.717, 1.165) is 17.8 Å². The lowest BCUT2D eigenvalue weighted by Crippen LogP contribution is -2.06. The molecule has 0 radical (unpaired) electrons. The van der Waals surface area contributed by atoms with Gasteiger partial charge in [0.1, 0.15) is 5.69 Å². The van der Waals surface area contributed by atoms with E-state index in [1.165, 1.54) is 5.56 Å². The second kappa shape index (κ2) is 6.80. The number of aryl methyl sites for hydroxylation is 1. The molecule has 4 heteroatoms.